The minimum atomic E-state index is -0.662. The van der Waals surface area contributed by atoms with E-state index in [1.807, 2.05) is 0 Å². The van der Waals surface area contributed by atoms with E-state index in [2.05, 4.69) is 26.0 Å². The summed E-state index contributed by atoms with van der Waals surface area (Å²) in [5, 5.41) is 8.50. The van der Waals surface area contributed by atoms with E-state index in [1.54, 1.807) is 0 Å². The molecule has 2 heteroatoms. The lowest BCUT2D eigenvalue weighted by Crippen LogP contribution is -1.93. The van der Waals surface area contributed by atoms with Gasteiger partial charge in [0.15, 0.2) is 0 Å². The van der Waals surface area contributed by atoms with Gasteiger partial charge < -0.3 is 5.11 Å². The van der Waals surface area contributed by atoms with Crippen molar-refractivity contribution in [1.82, 2.24) is 0 Å². The molecule has 0 saturated heterocycles. The third-order valence-corrected chi connectivity index (χ3v) is 3.29. The van der Waals surface area contributed by atoms with Gasteiger partial charge in [0, 0.05) is 6.42 Å². The number of carboxylic acids is 1. The maximum atomic E-state index is 10.3. The van der Waals surface area contributed by atoms with Crippen LogP contribution in [-0.4, -0.2) is 11.1 Å². The molecule has 0 fully saturated rings. The SMILES string of the molecule is CC(C)C/C=C\CCCCCCCCCCC(=O)O. The predicted octanol–water partition coefficient (Wildman–Crippen LogP) is 5.57. The van der Waals surface area contributed by atoms with E-state index in [0.717, 1.165) is 18.8 Å². The highest BCUT2D eigenvalue weighted by Gasteiger charge is 1.96. The van der Waals surface area contributed by atoms with Gasteiger partial charge >= 0.3 is 5.97 Å². The van der Waals surface area contributed by atoms with Gasteiger partial charge in [-0.05, 0) is 31.6 Å². The number of allylic oxidation sites excluding steroid dienone is 2. The summed E-state index contributed by atoms with van der Waals surface area (Å²) in [5.41, 5.74) is 0. The molecule has 1 N–H and O–H groups in total. The number of unbranched alkanes of at least 4 members (excludes halogenated alkanes) is 8. The predicted molar refractivity (Wildman–Crippen MR) is 82.4 cm³/mol. The van der Waals surface area contributed by atoms with Crippen molar-refractivity contribution in [3.05, 3.63) is 12.2 Å². The molecule has 0 amide bonds. The van der Waals surface area contributed by atoms with Crippen LogP contribution in [-0.2, 0) is 4.79 Å². The Bertz CT molecular complexity index is 231. The lowest BCUT2D eigenvalue weighted by Gasteiger charge is -2.01. The Labute approximate surface area is 119 Å². The van der Waals surface area contributed by atoms with E-state index in [9.17, 15) is 4.79 Å². The Morgan fingerprint density at radius 1 is 0.895 bits per heavy atom. The molecule has 0 bridgehead atoms. The minimum Gasteiger partial charge on any atom is -0.481 e. The third kappa shape index (κ3) is 17.2. The third-order valence-electron chi connectivity index (χ3n) is 3.29. The normalized spacial score (nSPS) is 11.5. The molecule has 2 nitrogen and oxygen atoms in total. The molecule has 112 valence electrons. The highest BCUT2D eigenvalue weighted by molar-refractivity contribution is 5.66. The van der Waals surface area contributed by atoms with Gasteiger partial charge in [0.05, 0.1) is 0 Å². The van der Waals surface area contributed by atoms with Crippen molar-refractivity contribution in [3.63, 3.8) is 0 Å². The molecule has 0 aromatic heterocycles. The van der Waals surface area contributed by atoms with Gasteiger partial charge in [-0.15, -0.1) is 0 Å². The molecule has 0 saturated carbocycles. The summed E-state index contributed by atoms with van der Waals surface area (Å²) in [7, 11) is 0. The van der Waals surface area contributed by atoms with Gasteiger partial charge in [-0.3, -0.25) is 4.79 Å². The van der Waals surface area contributed by atoms with Crippen LogP contribution in [0.3, 0.4) is 0 Å². The number of hydrogen-bond donors (Lipinski definition) is 1. The minimum absolute atomic E-state index is 0.336. The lowest BCUT2D eigenvalue weighted by molar-refractivity contribution is -0.137. The number of rotatable bonds is 13. The molecule has 0 radical (unpaired) electrons. The van der Waals surface area contributed by atoms with E-state index in [1.165, 1.54) is 51.4 Å². The van der Waals surface area contributed by atoms with Gasteiger partial charge in [0.25, 0.3) is 0 Å². The van der Waals surface area contributed by atoms with Crippen molar-refractivity contribution in [2.75, 3.05) is 0 Å². The average Bonchev–Trinajstić information content (AvgIpc) is 2.34. The molecule has 0 heterocycles. The summed E-state index contributed by atoms with van der Waals surface area (Å²) in [6.45, 7) is 4.50. The van der Waals surface area contributed by atoms with Crippen LogP contribution >= 0.6 is 0 Å². The van der Waals surface area contributed by atoms with Crippen molar-refractivity contribution < 1.29 is 9.90 Å². The lowest BCUT2D eigenvalue weighted by atomic mass is 10.1. The van der Waals surface area contributed by atoms with E-state index < -0.39 is 5.97 Å². The number of aliphatic carboxylic acids is 1. The zero-order chi connectivity index (χ0) is 14.3. The molecule has 0 aromatic carbocycles. The number of hydrogen-bond acceptors (Lipinski definition) is 1. The van der Waals surface area contributed by atoms with Crippen molar-refractivity contribution in [1.29, 1.82) is 0 Å². The summed E-state index contributed by atoms with van der Waals surface area (Å²) in [6.07, 6.45) is 17.1. The Balaban J connectivity index is 3.07. The quantitative estimate of drug-likeness (QED) is 0.350. The Morgan fingerprint density at radius 2 is 1.42 bits per heavy atom. The summed E-state index contributed by atoms with van der Waals surface area (Å²) < 4.78 is 0. The molecule has 0 aliphatic rings. The van der Waals surface area contributed by atoms with E-state index >= 15 is 0 Å². The Kier molecular flexibility index (Phi) is 13.1. The first-order chi connectivity index (χ1) is 9.13. The summed E-state index contributed by atoms with van der Waals surface area (Å²) >= 11 is 0. The summed E-state index contributed by atoms with van der Waals surface area (Å²) in [5.74, 6) is 0.114. The zero-order valence-corrected chi connectivity index (χ0v) is 12.9. The summed E-state index contributed by atoms with van der Waals surface area (Å²) in [6, 6.07) is 0. The molecule has 0 atom stereocenters. The van der Waals surface area contributed by atoms with Crippen molar-refractivity contribution in [3.8, 4) is 0 Å². The molecular weight excluding hydrogens is 236 g/mol. The first-order valence-electron chi connectivity index (χ1n) is 7.99. The van der Waals surface area contributed by atoms with Crippen molar-refractivity contribution in [2.24, 2.45) is 5.92 Å². The van der Waals surface area contributed by atoms with Crippen molar-refractivity contribution in [2.45, 2.75) is 84.5 Å². The van der Waals surface area contributed by atoms with Crippen LogP contribution in [0.2, 0.25) is 0 Å². The van der Waals surface area contributed by atoms with Crippen LogP contribution < -0.4 is 0 Å². The Morgan fingerprint density at radius 3 is 1.95 bits per heavy atom. The van der Waals surface area contributed by atoms with Crippen LogP contribution in [0.1, 0.15) is 84.5 Å². The van der Waals surface area contributed by atoms with Crippen molar-refractivity contribution >= 4 is 5.97 Å². The molecule has 0 rings (SSSR count). The van der Waals surface area contributed by atoms with Crippen LogP contribution in [0.25, 0.3) is 0 Å². The molecule has 0 aromatic rings. The van der Waals surface area contributed by atoms with E-state index in [-0.39, 0.29) is 0 Å². The van der Waals surface area contributed by atoms with Crippen LogP contribution in [0.4, 0.5) is 0 Å². The molecule has 19 heavy (non-hydrogen) atoms. The molecule has 0 aliphatic heterocycles. The van der Waals surface area contributed by atoms with Gasteiger partial charge in [0.1, 0.15) is 0 Å². The first-order valence-corrected chi connectivity index (χ1v) is 7.99. The highest BCUT2D eigenvalue weighted by Crippen LogP contribution is 2.11. The van der Waals surface area contributed by atoms with Gasteiger partial charge in [-0.25, -0.2) is 0 Å². The van der Waals surface area contributed by atoms with Crippen LogP contribution in [0.15, 0.2) is 12.2 Å². The van der Waals surface area contributed by atoms with E-state index in [0.29, 0.717) is 6.42 Å². The largest absolute Gasteiger partial charge is 0.481 e. The fourth-order valence-corrected chi connectivity index (χ4v) is 2.09. The zero-order valence-electron chi connectivity index (χ0n) is 12.9. The second-order valence-corrected chi connectivity index (χ2v) is 5.86. The molecule has 0 aliphatic carbocycles. The topological polar surface area (TPSA) is 37.3 Å². The first kappa shape index (κ1) is 18.2. The van der Waals surface area contributed by atoms with E-state index in [4.69, 9.17) is 5.11 Å². The average molecular weight is 268 g/mol. The fraction of sp³-hybridized carbons (Fsp3) is 0.824. The maximum absolute atomic E-state index is 10.3. The second-order valence-electron chi connectivity index (χ2n) is 5.86. The molecule has 0 spiro atoms. The molecular formula is C17H32O2. The monoisotopic (exact) mass is 268 g/mol. The standard InChI is InChI=1S/C17H32O2/c1-16(2)14-12-10-8-6-4-3-5-7-9-11-13-15-17(18)19/h10,12,16H,3-9,11,13-15H2,1-2H3,(H,18,19)/b12-10-. The number of carboxylic acid groups (broad SMARTS) is 1. The molecule has 0 unspecified atom stereocenters. The highest BCUT2D eigenvalue weighted by atomic mass is 16.4. The van der Waals surface area contributed by atoms with Gasteiger partial charge in [-0.2, -0.15) is 0 Å². The van der Waals surface area contributed by atoms with Crippen LogP contribution in [0, 0.1) is 5.92 Å². The smallest absolute Gasteiger partial charge is 0.303 e. The van der Waals surface area contributed by atoms with Gasteiger partial charge in [-0.1, -0.05) is 64.5 Å². The second kappa shape index (κ2) is 13.6. The summed E-state index contributed by atoms with van der Waals surface area (Å²) in [4.78, 5) is 10.3. The van der Waals surface area contributed by atoms with Gasteiger partial charge in [0.2, 0.25) is 0 Å². The van der Waals surface area contributed by atoms with Crippen LogP contribution in [0.5, 0.6) is 0 Å². The Hall–Kier alpha value is -0.790. The maximum Gasteiger partial charge on any atom is 0.303 e. The number of carbonyl (C=O) groups is 1. The fourth-order valence-electron chi connectivity index (χ4n) is 2.09.